The van der Waals surface area contributed by atoms with Crippen LogP contribution in [0, 0.1) is 24.4 Å². The standard InChI is InChI=1S/C14H10BrF3O/c1-7-4-13(18)10(6-12(7)17)14(19)9-5-8(16)2-3-11(9)15/h2-6,14,19H,1H3. The molecule has 19 heavy (non-hydrogen) atoms. The lowest BCUT2D eigenvalue weighted by atomic mass is 9.99. The lowest BCUT2D eigenvalue weighted by molar-refractivity contribution is 0.213. The van der Waals surface area contributed by atoms with Crippen LogP contribution in [0.1, 0.15) is 22.8 Å². The van der Waals surface area contributed by atoms with Crippen LogP contribution in [-0.2, 0) is 0 Å². The van der Waals surface area contributed by atoms with Gasteiger partial charge in [0.2, 0.25) is 0 Å². The molecule has 2 aromatic carbocycles. The molecule has 0 aliphatic heterocycles. The van der Waals surface area contributed by atoms with E-state index in [1.54, 1.807) is 0 Å². The van der Waals surface area contributed by atoms with E-state index < -0.39 is 23.6 Å². The highest BCUT2D eigenvalue weighted by molar-refractivity contribution is 9.10. The van der Waals surface area contributed by atoms with E-state index in [4.69, 9.17) is 0 Å². The van der Waals surface area contributed by atoms with Gasteiger partial charge in [-0.05, 0) is 42.8 Å². The number of aryl methyl sites for hydroxylation is 1. The molecular weight excluding hydrogens is 321 g/mol. The van der Waals surface area contributed by atoms with Crippen LogP contribution in [0.5, 0.6) is 0 Å². The summed E-state index contributed by atoms with van der Waals surface area (Å²) in [4.78, 5) is 0. The summed E-state index contributed by atoms with van der Waals surface area (Å²) in [7, 11) is 0. The maximum absolute atomic E-state index is 13.8. The molecule has 1 nitrogen and oxygen atoms in total. The quantitative estimate of drug-likeness (QED) is 0.872. The molecule has 2 rings (SSSR count). The molecule has 0 bridgehead atoms. The lowest BCUT2D eigenvalue weighted by Gasteiger charge is -2.15. The van der Waals surface area contributed by atoms with Crippen molar-refractivity contribution in [3.05, 3.63) is 68.9 Å². The van der Waals surface area contributed by atoms with Crippen LogP contribution in [0.25, 0.3) is 0 Å². The summed E-state index contributed by atoms with van der Waals surface area (Å²) in [6, 6.07) is 5.60. The summed E-state index contributed by atoms with van der Waals surface area (Å²) in [6.07, 6.45) is -1.44. The molecule has 1 N–H and O–H groups in total. The Balaban J connectivity index is 2.52. The van der Waals surface area contributed by atoms with Gasteiger partial charge in [0.1, 0.15) is 23.6 Å². The van der Waals surface area contributed by atoms with Crippen LogP contribution in [0.15, 0.2) is 34.8 Å². The summed E-state index contributed by atoms with van der Waals surface area (Å²) in [5.74, 6) is -1.92. The Kier molecular flexibility index (Phi) is 3.96. The van der Waals surface area contributed by atoms with Gasteiger partial charge in [-0.15, -0.1) is 0 Å². The van der Waals surface area contributed by atoms with Crippen LogP contribution >= 0.6 is 15.9 Å². The molecule has 0 aromatic heterocycles. The first-order valence-electron chi connectivity index (χ1n) is 5.48. The van der Waals surface area contributed by atoms with Crippen molar-refractivity contribution in [2.24, 2.45) is 0 Å². The van der Waals surface area contributed by atoms with Gasteiger partial charge in [-0.3, -0.25) is 0 Å². The normalized spacial score (nSPS) is 12.5. The summed E-state index contributed by atoms with van der Waals surface area (Å²) >= 11 is 3.14. The van der Waals surface area contributed by atoms with E-state index in [0.29, 0.717) is 4.47 Å². The van der Waals surface area contributed by atoms with Crippen molar-refractivity contribution in [3.8, 4) is 0 Å². The lowest BCUT2D eigenvalue weighted by Crippen LogP contribution is -2.05. The van der Waals surface area contributed by atoms with Gasteiger partial charge in [0.25, 0.3) is 0 Å². The second-order valence-corrected chi connectivity index (χ2v) is 5.05. The van der Waals surface area contributed by atoms with Crippen LogP contribution in [-0.4, -0.2) is 5.11 Å². The van der Waals surface area contributed by atoms with E-state index in [1.807, 2.05) is 0 Å². The molecule has 0 heterocycles. The van der Waals surface area contributed by atoms with Crippen LogP contribution in [0.2, 0.25) is 0 Å². The molecule has 0 fully saturated rings. The molecule has 0 radical (unpaired) electrons. The van der Waals surface area contributed by atoms with Gasteiger partial charge in [0, 0.05) is 15.6 Å². The predicted molar refractivity (Wildman–Crippen MR) is 69.3 cm³/mol. The molecule has 0 aliphatic rings. The highest BCUT2D eigenvalue weighted by Gasteiger charge is 2.20. The van der Waals surface area contributed by atoms with E-state index in [2.05, 4.69) is 15.9 Å². The van der Waals surface area contributed by atoms with Gasteiger partial charge in [0.15, 0.2) is 0 Å². The Hall–Kier alpha value is -1.33. The number of rotatable bonds is 2. The molecule has 0 amide bonds. The number of aliphatic hydroxyl groups is 1. The second-order valence-electron chi connectivity index (χ2n) is 4.19. The fourth-order valence-electron chi connectivity index (χ4n) is 1.76. The van der Waals surface area contributed by atoms with Crippen molar-refractivity contribution in [1.82, 2.24) is 0 Å². The number of benzene rings is 2. The fourth-order valence-corrected chi connectivity index (χ4v) is 2.23. The molecule has 1 atom stereocenters. The van der Waals surface area contributed by atoms with Crippen molar-refractivity contribution >= 4 is 15.9 Å². The highest BCUT2D eigenvalue weighted by atomic mass is 79.9. The number of halogens is 4. The smallest absolute Gasteiger partial charge is 0.129 e. The van der Waals surface area contributed by atoms with Gasteiger partial charge in [-0.1, -0.05) is 15.9 Å². The van der Waals surface area contributed by atoms with Gasteiger partial charge < -0.3 is 5.11 Å². The molecular formula is C14H10BrF3O. The Morgan fingerprint density at radius 3 is 2.37 bits per heavy atom. The Morgan fingerprint density at radius 2 is 1.68 bits per heavy atom. The van der Waals surface area contributed by atoms with E-state index in [9.17, 15) is 18.3 Å². The summed E-state index contributed by atoms with van der Waals surface area (Å²) < 4.78 is 40.8. The van der Waals surface area contributed by atoms with Crippen LogP contribution in [0.4, 0.5) is 13.2 Å². The van der Waals surface area contributed by atoms with Crippen LogP contribution < -0.4 is 0 Å². The number of hydrogen-bond donors (Lipinski definition) is 1. The summed E-state index contributed by atoms with van der Waals surface area (Å²) in [5, 5.41) is 10.1. The zero-order valence-electron chi connectivity index (χ0n) is 9.92. The minimum Gasteiger partial charge on any atom is -0.384 e. The van der Waals surface area contributed by atoms with Gasteiger partial charge >= 0.3 is 0 Å². The van der Waals surface area contributed by atoms with Gasteiger partial charge in [-0.2, -0.15) is 0 Å². The average molecular weight is 331 g/mol. The van der Waals surface area contributed by atoms with Crippen molar-refractivity contribution in [2.45, 2.75) is 13.0 Å². The summed E-state index contributed by atoms with van der Waals surface area (Å²) in [6.45, 7) is 1.42. The first kappa shape index (κ1) is 14.1. The first-order valence-corrected chi connectivity index (χ1v) is 6.28. The maximum atomic E-state index is 13.8. The third-order valence-corrected chi connectivity index (χ3v) is 3.55. The zero-order chi connectivity index (χ0) is 14.2. The molecule has 1 unspecified atom stereocenters. The molecule has 0 spiro atoms. The molecule has 0 saturated carbocycles. The average Bonchev–Trinajstić information content (AvgIpc) is 2.36. The zero-order valence-corrected chi connectivity index (χ0v) is 11.5. The molecule has 5 heteroatoms. The molecule has 2 aromatic rings. The van der Waals surface area contributed by atoms with Gasteiger partial charge in [-0.25, -0.2) is 13.2 Å². The fraction of sp³-hybridized carbons (Fsp3) is 0.143. The van der Waals surface area contributed by atoms with Gasteiger partial charge in [0.05, 0.1) is 0 Å². The van der Waals surface area contributed by atoms with Crippen LogP contribution in [0.3, 0.4) is 0 Å². The van der Waals surface area contributed by atoms with Crippen molar-refractivity contribution in [1.29, 1.82) is 0 Å². The first-order chi connectivity index (χ1) is 8.90. The highest BCUT2D eigenvalue weighted by Crippen LogP contribution is 2.31. The van der Waals surface area contributed by atoms with Crippen molar-refractivity contribution < 1.29 is 18.3 Å². The largest absolute Gasteiger partial charge is 0.384 e. The van der Waals surface area contributed by atoms with E-state index in [0.717, 1.165) is 18.2 Å². The third kappa shape index (κ3) is 2.82. The number of hydrogen-bond acceptors (Lipinski definition) is 1. The Labute approximate surface area is 116 Å². The molecule has 100 valence electrons. The third-order valence-electron chi connectivity index (χ3n) is 2.83. The molecule has 0 saturated heterocycles. The SMILES string of the molecule is Cc1cc(F)c(C(O)c2cc(F)ccc2Br)cc1F. The Bertz CT molecular complexity index is 628. The Morgan fingerprint density at radius 1 is 1.00 bits per heavy atom. The topological polar surface area (TPSA) is 20.2 Å². The maximum Gasteiger partial charge on any atom is 0.129 e. The molecule has 0 aliphatic carbocycles. The number of aliphatic hydroxyl groups excluding tert-OH is 1. The predicted octanol–water partition coefficient (Wildman–Crippen LogP) is 4.26. The summed E-state index contributed by atoms with van der Waals surface area (Å²) in [5.41, 5.74) is 0.0586. The van der Waals surface area contributed by atoms with E-state index in [1.165, 1.54) is 19.1 Å². The minimum absolute atomic E-state index is 0.141. The van der Waals surface area contributed by atoms with E-state index >= 15 is 0 Å². The van der Waals surface area contributed by atoms with Crippen molar-refractivity contribution in [3.63, 3.8) is 0 Å². The van der Waals surface area contributed by atoms with E-state index in [-0.39, 0.29) is 16.7 Å². The minimum atomic E-state index is -1.44. The monoisotopic (exact) mass is 330 g/mol. The van der Waals surface area contributed by atoms with Crippen molar-refractivity contribution in [2.75, 3.05) is 0 Å². The second kappa shape index (κ2) is 5.35.